The van der Waals surface area contributed by atoms with Gasteiger partial charge in [0.15, 0.2) is 11.6 Å². The Morgan fingerprint density at radius 2 is 1.76 bits per heavy atom. The van der Waals surface area contributed by atoms with Crippen LogP contribution in [0.3, 0.4) is 0 Å². The van der Waals surface area contributed by atoms with Crippen LogP contribution in [0, 0.1) is 5.82 Å². The predicted molar refractivity (Wildman–Crippen MR) is 84.5 cm³/mol. The van der Waals surface area contributed by atoms with Crippen LogP contribution in [0.1, 0.15) is 26.3 Å². The molecule has 2 rings (SSSR count). The topological polar surface area (TPSA) is 21.3 Å². The van der Waals surface area contributed by atoms with Gasteiger partial charge in [0.2, 0.25) is 0 Å². The lowest BCUT2D eigenvalue weighted by Crippen LogP contribution is -2.35. The second-order valence-corrected chi connectivity index (χ2v) is 6.36. The Morgan fingerprint density at radius 3 is 2.33 bits per heavy atom. The van der Waals surface area contributed by atoms with Crippen molar-refractivity contribution in [2.75, 3.05) is 0 Å². The maximum atomic E-state index is 14.1. The highest BCUT2D eigenvalue weighted by Gasteiger charge is 2.10. The fourth-order valence-electron chi connectivity index (χ4n) is 1.73. The van der Waals surface area contributed by atoms with E-state index in [9.17, 15) is 4.39 Å². The molecule has 0 saturated heterocycles. The van der Waals surface area contributed by atoms with Gasteiger partial charge in [-0.2, -0.15) is 0 Å². The van der Waals surface area contributed by atoms with E-state index in [0.717, 1.165) is 5.56 Å². The fraction of sp³-hybridized carbons (Fsp3) is 0.294. The molecule has 0 bridgehead atoms. The van der Waals surface area contributed by atoms with E-state index in [0.29, 0.717) is 17.3 Å². The average molecular weight is 308 g/mol. The van der Waals surface area contributed by atoms with E-state index in [2.05, 4.69) is 26.1 Å². The summed E-state index contributed by atoms with van der Waals surface area (Å²) in [6, 6.07) is 11.8. The van der Waals surface area contributed by atoms with Gasteiger partial charge < -0.3 is 10.1 Å². The molecule has 0 aliphatic heterocycles. The number of benzene rings is 2. The van der Waals surface area contributed by atoms with Crippen LogP contribution in [-0.4, -0.2) is 5.54 Å². The highest BCUT2D eigenvalue weighted by molar-refractivity contribution is 6.30. The van der Waals surface area contributed by atoms with Gasteiger partial charge in [0.1, 0.15) is 5.75 Å². The Morgan fingerprint density at radius 1 is 1.10 bits per heavy atom. The Hall–Kier alpha value is -1.58. The monoisotopic (exact) mass is 307 g/mol. The molecule has 2 nitrogen and oxygen atoms in total. The number of hydrogen-bond donors (Lipinski definition) is 1. The Labute approximate surface area is 129 Å². The molecule has 0 aromatic heterocycles. The molecule has 0 heterocycles. The summed E-state index contributed by atoms with van der Waals surface area (Å²) in [6.45, 7) is 6.83. The highest BCUT2D eigenvalue weighted by atomic mass is 35.5. The second kappa shape index (κ2) is 6.46. The summed E-state index contributed by atoms with van der Waals surface area (Å²) in [6.07, 6.45) is 0. The first-order chi connectivity index (χ1) is 9.83. The summed E-state index contributed by atoms with van der Waals surface area (Å²) >= 11 is 5.80. The van der Waals surface area contributed by atoms with Gasteiger partial charge >= 0.3 is 0 Å². The number of halogens is 2. The third-order valence-corrected chi connectivity index (χ3v) is 3.11. The molecule has 0 saturated carbocycles. The summed E-state index contributed by atoms with van der Waals surface area (Å²) in [5.74, 6) is 0.383. The molecule has 4 heteroatoms. The van der Waals surface area contributed by atoms with Gasteiger partial charge in [-0.15, -0.1) is 0 Å². The third kappa shape index (κ3) is 5.03. The molecule has 2 aromatic rings. The molecule has 0 amide bonds. The van der Waals surface area contributed by atoms with E-state index < -0.39 is 0 Å². The van der Waals surface area contributed by atoms with Crippen LogP contribution in [0.4, 0.5) is 4.39 Å². The molecule has 112 valence electrons. The lowest BCUT2D eigenvalue weighted by Gasteiger charge is -2.20. The summed E-state index contributed by atoms with van der Waals surface area (Å²) in [5.41, 5.74) is 0.875. The lowest BCUT2D eigenvalue weighted by molar-refractivity contribution is 0.420. The maximum absolute atomic E-state index is 14.1. The van der Waals surface area contributed by atoms with Crippen molar-refractivity contribution in [3.05, 3.63) is 58.9 Å². The summed E-state index contributed by atoms with van der Waals surface area (Å²) in [7, 11) is 0. The quantitative estimate of drug-likeness (QED) is 0.842. The second-order valence-electron chi connectivity index (χ2n) is 5.92. The molecule has 0 atom stereocenters. The zero-order valence-electron chi connectivity index (χ0n) is 12.4. The van der Waals surface area contributed by atoms with E-state index >= 15 is 0 Å². The van der Waals surface area contributed by atoms with Crippen LogP contribution in [-0.2, 0) is 6.54 Å². The van der Waals surface area contributed by atoms with E-state index in [-0.39, 0.29) is 17.1 Å². The molecule has 1 N–H and O–H groups in total. The van der Waals surface area contributed by atoms with Crippen molar-refractivity contribution >= 4 is 11.6 Å². The molecule has 21 heavy (non-hydrogen) atoms. The molecular weight excluding hydrogens is 289 g/mol. The standard InChI is InChI=1S/C17H19ClFNO/c1-17(2,3)20-11-12-4-9-16(15(19)10-12)21-14-7-5-13(18)6-8-14/h4-10,20H,11H2,1-3H3. The minimum atomic E-state index is -0.377. The van der Waals surface area contributed by atoms with Gasteiger partial charge in [0, 0.05) is 17.1 Å². The number of rotatable bonds is 4. The smallest absolute Gasteiger partial charge is 0.166 e. The average Bonchev–Trinajstić information content (AvgIpc) is 2.41. The van der Waals surface area contributed by atoms with Gasteiger partial charge in [0.05, 0.1) is 0 Å². The summed E-state index contributed by atoms with van der Waals surface area (Å²) in [5, 5.41) is 3.94. The molecule has 0 unspecified atom stereocenters. The Kier molecular flexibility index (Phi) is 4.86. The van der Waals surface area contributed by atoms with Crippen LogP contribution in [0.5, 0.6) is 11.5 Å². The van der Waals surface area contributed by atoms with Crippen LogP contribution in [0.15, 0.2) is 42.5 Å². The number of hydrogen-bond acceptors (Lipinski definition) is 2. The van der Waals surface area contributed by atoms with Crippen LogP contribution < -0.4 is 10.1 Å². The Bertz CT molecular complexity index is 605. The van der Waals surface area contributed by atoms with Crippen molar-refractivity contribution in [3.63, 3.8) is 0 Å². The largest absolute Gasteiger partial charge is 0.454 e. The minimum absolute atomic E-state index is 0.00501. The van der Waals surface area contributed by atoms with Crippen LogP contribution in [0.2, 0.25) is 5.02 Å². The number of nitrogens with one attached hydrogen (secondary N) is 1. The zero-order valence-corrected chi connectivity index (χ0v) is 13.2. The van der Waals surface area contributed by atoms with Gasteiger partial charge in [-0.05, 0) is 62.7 Å². The van der Waals surface area contributed by atoms with E-state index in [4.69, 9.17) is 16.3 Å². The highest BCUT2D eigenvalue weighted by Crippen LogP contribution is 2.26. The van der Waals surface area contributed by atoms with Gasteiger partial charge in [-0.25, -0.2) is 4.39 Å². The van der Waals surface area contributed by atoms with Gasteiger partial charge in [0.25, 0.3) is 0 Å². The van der Waals surface area contributed by atoms with Crippen molar-refractivity contribution < 1.29 is 9.13 Å². The maximum Gasteiger partial charge on any atom is 0.166 e. The van der Waals surface area contributed by atoms with E-state index in [1.807, 2.05) is 6.07 Å². The predicted octanol–water partition coefficient (Wildman–Crippen LogP) is 5.16. The van der Waals surface area contributed by atoms with Gasteiger partial charge in [-0.3, -0.25) is 0 Å². The Balaban J connectivity index is 2.07. The molecular formula is C17H19ClFNO. The van der Waals surface area contributed by atoms with Gasteiger partial charge in [-0.1, -0.05) is 17.7 Å². The minimum Gasteiger partial charge on any atom is -0.454 e. The third-order valence-electron chi connectivity index (χ3n) is 2.86. The van der Waals surface area contributed by atoms with Crippen molar-refractivity contribution in [2.24, 2.45) is 0 Å². The molecule has 2 aromatic carbocycles. The first-order valence-corrected chi connectivity index (χ1v) is 7.18. The van der Waals surface area contributed by atoms with Crippen molar-refractivity contribution in [1.29, 1.82) is 0 Å². The van der Waals surface area contributed by atoms with Crippen molar-refractivity contribution in [2.45, 2.75) is 32.9 Å². The summed E-state index contributed by atoms with van der Waals surface area (Å²) < 4.78 is 19.6. The van der Waals surface area contributed by atoms with Crippen molar-refractivity contribution in [3.8, 4) is 11.5 Å². The first kappa shape index (κ1) is 15.8. The normalized spacial score (nSPS) is 11.5. The molecule has 0 fully saturated rings. The van der Waals surface area contributed by atoms with Crippen LogP contribution >= 0.6 is 11.6 Å². The molecule has 0 spiro atoms. The fourth-order valence-corrected chi connectivity index (χ4v) is 1.86. The SMILES string of the molecule is CC(C)(C)NCc1ccc(Oc2ccc(Cl)cc2)c(F)c1. The van der Waals surface area contributed by atoms with Crippen LogP contribution in [0.25, 0.3) is 0 Å². The van der Waals surface area contributed by atoms with E-state index in [1.165, 1.54) is 6.07 Å². The molecule has 0 radical (unpaired) electrons. The van der Waals surface area contributed by atoms with Crippen molar-refractivity contribution in [1.82, 2.24) is 5.32 Å². The summed E-state index contributed by atoms with van der Waals surface area (Å²) in [4.78, 5) is 0. The number of ether oxygens (including phenoxy) is 1. The molecule has 0 aliphatic rings. The first-order valence-electron chi connectivity index (χ1n) is 6.80. The zero-order chi connectivity index (χ0) is 15.5. The lowest BCUT2D eigenvalue weighted by atomic mass is 10.1. The van der Waals surface area contributed by atoms with E-state index in [1.54, 1.807) is 30.3 Å². The molecule has 0 aliphatic carbocycles.